The molecule has 0 radical (unpaired) electrons. The van der Waals surface area contributed by atoms with Crippen LogP contribution in [0.4, 0.5) is 11.4 Å². The van der Waals surface area contributed by atoms with Crippen LogP contribution in [0.1, 0.15) is 5.56 Å². The van der Waals surface area contributed by atoms with Crippen molar-refractivity contribution in [1.82, 2.24) is 0 Å². The first-order chi connectivity index (χ1) is 10.7. The molecule has 0 amide bonds. The number of hydrogen-bond donors (Lipinski definition) is 2. The number of fused-ring (bicyclic) bond motifs is 1. The summed E-state index contributed by atoms with van der Waals surface area (Å²) in [4.78, 5) is 0. The molecule has 1 aliphatic rings. The van der Waals surface area contributed by atoms with Crippen molar-refractivity contribution in [3.8, 4) is 17.2 Å². The van der Waals surface area contributed by atoms with Gasteiger partial charge in [0.15, 0.2) is 16.6 Å². The van der Waals surface area contributed by atoms with Gasteiger partial charge in [0.2, 0.25) is 6.79 Å². The van der Waals surface area contributed by atoms with E-state index in [4.69, 9.17) is 26.4 Å². The van der Waals surface area contributed by atoms with Gasteiger partial charge >= 0.3 is 0 Å². The van der Waals surface area contributed by atoms with Crippen molar-refractivity contribution in [2.45, 2.75) is 6.92 Å². The van der Waals surface area contributed by atoms with Gasteiger partial charge in [-0.1, -0.05) is 6.07 Å². The number of nitrogens with one attached hydrogen (secondary N) is 2. The van der Waals surface area contributed by atoms with E-state index in [1.54, 1.807) is 7.11 Å². The summed E-state index contributed by atoms with van der Waals surface area (Å²) in [6, 6.07) is 11.4. The van der Waals surface area contributed by atoms with E-state index < -0.39 is 0 Å². The second kappa shape index (κ2) is 6.11. The average Bonchev–Trinajstić information content (AvgIpc) is 2.95. The lowest BCUT2D eigenvalue weighted by molar-refractivity contribution is 0.174. The summed E-state index contributed by atoms with van der Waals surface area (Å²) in [7, 11) is 1.63. The molecule has 5 nitrogen and oxygen atoms in total. The van der Waals surface area contributed by atoms with Gasteiger partial charge in [-0.05, 0) is 49.0 Å². The van der Waals surface area contributed by atoms with E-state index >= 15 is 0 Å². The second-order valence-corrected chi connectivity index (χ2v) is 5.26. The molecule has 0 fully saturated rings. The monoisotopic (exact) mass is 316 g/mol. The highest BCUT2D eigenvalue weighted by molar-refractivity contribution is 7.80. The maximum absolute atomic E-state index is 5.35. The Balaban J connectivity index is 1.71. The van der Waals surface area contributed by atoms with Crippen LogP contribution >= 0.6 is 12.2 Å². The van der Waals surface area contributed by atoms with Crippen LogP contribution in [0.15, 0.2) is 36.4 Å². The van der Waals surface area contributed by atoms with Crippen LogP contribution in [0.2, 0.25) is 0 Å². The van der Waals surface area contributed by atoms with Gasteiger partial charge < -0.3 is 24.8 Å². The molecule has 0 unspecified atom stereocenters. The molecule has 0 atom stereocenters. The molecular weight excluding hydrogens is 300 g/mol. The highest BCUT2D eigenvalue weighted by atomic mass is 32.1. The maximum atomic E-state index is 5.35. The minimum Gasteiger partial charge on any atom is -0.495 e. The summed E-state index contributed by atoms with van der Waals surface area (Å²) in [5.41, 5.74) is 2.77. The number of methoxy groups -OCH3 is 1. The molecule has 0 saturated carbocycles. The Hall–Kier alpha value is -2.47. The van der Waals surface area contributed by atoms with Crippen molar-refractivity contribution < 1.29 is 14.2 Å². The van der Waals surface area contributed by atoms with Crippen molar-refractivity contribution in [2.75, 3.05) is 24.5 Å². The van der Waals surface area contributed by atoms with Gasteiger partial charge in [0.25, 0.3) is 0 Å². The van der Waals surface area contributed by atoms with Crippen molar-refractivity contribution in [3.05, 3.63) is 42.0 Å². The van der Waals surface area contributed by atoms with Crippen molar-refractivity contribution >= 4 is 28.7 Å². The Bertz CT molecular complexity index is 719. The number of rotatable bonds is 3. The number of benzene rings is 2. The van der Waals surface area contributed by atoms with E-state index in [0.717, 1.165) is 28.4 Å². The zero-order valence-corrected chi connectivity index (χ0v) is 13.1. The molecule has 0 saturated heterocycles. The molecule has 6 heteroatoms. The van der Waals surface area contributed by atoms with E-state index in [1.165, 1.54) is 0 Å². The second-order valence-electron chi connectivity index (χ2n) is 4.85. The number of ether oxygens (including phenoxy) is 3. The Labute approximate surface area is 134 Å². The van der Waals surface area contributed by atoms with Gasteiger partial charge in [-0.15, -0.1) is 0 Å². The Morgan fingerprint density at radius 3 is 2.73 bits per heavy atom. The average molecular weight is 316 g/mol. The standard InChI is InChI=1S/C16H16N2O3S/c1-10-3-5-13(19-2)12(7-10)18-16(22)17-11-4-6-14-15(8-11)21-9-20-14/h3-8H,9H2,1-2H3,(H2,17,18,22). The fraction of sp³-hybridized carbons (Fsp3) is 0.188. The van der Waals surface area contributed by atoms with E-state index in [-0.39, 0.29) is 6.79 Å². The molecule has 0 spiro atoms. The molecule has 22 heavy (non-hydrogen) atoms. The topological polar surface area (TPSA) is 51.8 Å². The molecule has 1 heterocycles. The fourth-order valence-corrected chi connectivity index (χ4v) is 2.41. The first-order valence-corrected chi connectivity index (χ1v) is 7.19. The lowest BCUT2D eigenvalue weighted by Crippen LogP contribution is -2.19. The van der Waals surface area contributed by atoms with E-state index in [1.807, 2.05) is 43.3 Å². The molecule has 1 aliphatic heterocycles. The van der Waals surface area contributed by atoms with Crippen LogP contribution in [0.5, 0.6) is 17.2 Å². The molecule has 2 aromatic carbocycles. The quantitative estimate of drug-likeness (QED) is 0.845. The van der Waals surface area contributed by atoms with E-state index in [2.05, 4.69) is 10.6 Å². The minimum absolute atomic E-state index is 0.252. The molecule has 0 aromatic heterocycles. The van der Waals surface area contributed by atoms with Crippen molar-refractivity contribution in [3.63, 3.8) is 0 Å². The Morgan fingerprint density at radius 2 is 1.91 bits per heavy atom. The number of anilines is 2. The van der Waals surface area contributed by atoms with Crippen LogP contribution in [0, 0.1) is 6.92 Å². The summed E-state index contributed by atoms with van der Waals surface area (Å²) < 4.78 is 16.0. The zero-order chi connectivity index (χ0) is 15.5. The predicted molar refractivity (Wildman–Crippen MR) is 90.1 cm³/mol. The normalized spacial score (nSPS) is 11.9. The van der Waals surface area contributed by atoms with Gasteiger partial charge in [-0.2, -0.15) is 0 Å². The molecule has 114 valence electrons. The van der Waals surface area contributed by atoms with Crippen LogP contribution < -0.4 is 24.8 Å². The molecular formula is C16H16N2O3S. The van der Waals surface area contributed by atoms with Crippen LogP contribution in [0.25, 0.3) is 0 Å². The van der Waals surface area contributed by atoms with E-state index in [9.17, 15) is 0 Å². The highest BCUT2D eigenvalue weighted by Crippen LogP contribution is 2.34. The van der Waals surface area contributed by atoms with Crippen molar-refractivity contribution in [1.29, 1.82) is 0 Å². The third-order valence-corrected chi connectivity index (χ3v) is 3.44. The van der Waals surface area contributed by atoms with Crippen LogP contribution in [-0.2, 0) is 0 Å². The third kappa shape index (κ3) is 3.07. The predicted octanol–water partition coefficient (Wildman–Crippen LogP) is 3.54. The van der Waals surface area contributed by atoms with Gasteiger partial charge in [0, 0.05) is 11.8 Å². The first-order valence-electron chi connectivity index (χ1n) is 6.78. The minimum atomic E-state index is 0.252. The smallest absolute Gasteiger partial charge is 0.231 e. The largest absolute Gasteiger partial charge is 0.495 e. The molecule has 3 rings (SSSR count). The number of hydrogen-bond acceptors (Lipinski definition) is 4. The lowest BCUT2D eigenvalue weighted by Gasteiger charge is -2.14. The van der Waals surface area contributed by atoms with Crippen molar-refractivity contribution in [2.24, 2.45) is 0 Å². The Morgan fingerprint density at radius 1 is 1.09 bits per heavy atom. The molecule has 2 N–H and O–H groups in total. The highest BCUT2D eigenvalue weighted by Gasteiger charge is 2.13. The molecule has 0 bridgehead atoms. The van der Waals surface area contributed by atoms with Crippen LogP contribution in [0.3, 0.4) is 0 Å². The van der Waals surface area contributed by atoms with Gasteiger partial charge in [0.05, 0.1) is 12.8 Å². The summed E-state index contributed by atoms with van der Waals surface area (Å²) >= 11 is 5.35. The van der Waals surface area contributed by atoms with Crippen LogP contribution in [-0.4, -0.2) is 19.0 Å². The molecule has 2 aromatic rings. The Kier molecular flexibility index (Phi) is 4.02. The molecule has 0 aliphatic carbocycles. The summed E-state index contributed by atoms with van der Waals surface area (Å²) in [6.07, 6.45) is 0. The first kappa shape index (κ1) is 14.5. The SMILES string of the molecule is COc1ccc(C)cc1NC(=S)Nc1ccc2c(c1)OCO2. The lowest BCUT2D eigenvalue weighted by atomic mass is 10.2. The number of aryl methyl sites for hydroxylation is 1. The van der Waals surface area contributed by atoms with Gasteiger partial charge in [-0.3, -0.25) is 0 Å². The summed E-state index contributed by atoms with van der Waals surface area (Å²) in [5.74, 6) is 2.19. The van der Waals surface area contributed by atoms with Gasteiger partial charge in [0.1, 0.15) is 5.75 Å². The van der Waals surface area contributed by atoms with E-state index in [0.29, 0.717) is 10.9 Å². The number of thiocarbonyl (C=S) groups is 1. The summed E-state index contributed by atoms with van der Waals surface area (Å²) in [5, 5.41) is 6.74. The maximum Gasteiger partial charge on any atom is 0.231 e. The fourth-order valence-electron chi connectivity index (χ4n) is 2.18. The third-order valence-electron chi connectivity index (χ3n) is 3.23. The van der Waals surface area contributed by atoms with Gasteiger partial charge in [-0.25, -0.2) is 0 Å². The summed E-state index contributed by atoms with van der Waals surface area (Å²) in [6.45, 7) is 2.26. The zero-order valence-electron chi connectivity index (χ0n) is 12.3.